The molecule has 2 saturated heterocycles. The van der Waals surface area contributed by atoms with Crippen molar-refractivity contribution in [3.05, 3.63) is 30.1 Å². The van der Waals surface area contributed by atoms with Crippen LogP contribution in [0, 0.1) is 0 Å². The van der Waals surface area contributed by atoms with Gasteiger partial charge in [0.15, 0.2) is 0 Å². The van der Waals surface area contributed by atoms with Crippen molar-refractivity contribution in [2.75, 3.05) is 37.7 Å². The molecule has 2 amide bonds. The van der Waals surface area contributed by atoms with Crippen LogP contribution in [0.3, 0.4) is 0 Å². The van der Waals surface area contributed by atoms with Crippen LogP contribution in [-0.2, 0) is 0 Å². The van der Waals surface area contributed by atoms with Gasteiger partial charge in [-0.2, -0.15) is 11.8 Å². The Morgan fingerprint density at radius 1 is 1.35 bits per heavy atom. The van der Waals surface area contributed by atoms with Crippen molar-refractivity contribution in [3.63, 3.8) is 0 Å². The van der Waals surface area contributed by atoms with E-state index in [-0.39, 0.29) is 6.03 Å². The third kappa shape index (κ3) is 4.38. The van der Waals surface area contributed by atoms with Crippen molar-refractivity contribution in [3.8, 4) is 0 Å². The maximum atomic E-state index is 12.4. The summed E-state index contributed by atoms with van der Waals surface area (Å²) in [6, 6.07) is 6.82. The first kappa shape index (κ1) is 16.6. The third-order valence-corrected chi connectivity index (χ3v) is 5.97. The Morgan fingerprint density at radius 2 is 2.17 bits per heavy atom. The third-order valence-electron chi connectivity index (χ3n) is 4.75. The van der Waals surface area contributed by atoms with E-state index < -0.39 is 0 Å². The van der Waals surface area contributed by atoms with E-state index in [2.05, 4.69) is 28.2 Å². The summed E-state index contributed by atoms with van der Waals surface area (Å²) < 4.78 is 0. The molecule has 2 aliphatic heterocycles. The van der Waals surface area contributed by atoms with E-state index in [0.29, 0.717) is 12.1 Å². The molecule has 3 heterocycles. The van der Waals surface area contributed by atoms with Crippen LogP contribution in [0.5, 0.6) is 0 Å². The second kappa shape index (κ2) is 8.02. The predicted octanol–water partition coefficient (Wildman–Crippen LogP) is 2.37. The molecule has 0 saturated carbocycles. The zero-order valence-corrected chi connectivity index (χ0v) is 14.6. The summed E-state index contributed by atoms with van der Waals surface area (Å²) in [6.07, 6.45) is 4.18. The monoisotopic (exact) mass is 334 g/mol. The lowest BCUT2D eigenvalue weighted by Gasteiger charge is -2.38. The fourth-order valence-electron chi connectivity index (χ4n) is 3.24. The zero-order valence-electron chi connectivity index (χ0n) is 13.8. The molecular formula is C17H26N4OS. The van der Waals surface area contributed by atoms with Gasteiger partial charge in [-0.1, -0.05) is 6.07 Å². The van der Waals surface area contributed by atoms with Gasteiger partial charge >= 0.3 is 6.03 Å². The molecule has 0 unspecified atom stereocenters. The average molecular weight is 334 g/mol. The summed E-state index contributed by atoms with van der Waals surface area (Å²) in [5.74, 6) is 2.29. The number of carbonyl (C=O) groups excluding carboxylic acids is 1. The Labute approximate surface area is 142 Å². The van der Waals surface area contributed by atoms with Crippen LogP contribution in [0.2, 0.25) is 0 Å². The second-order valence-corrected chi connectivity index (χ2v) is 7.47. The summed E-state index contributed by atoms with van der Waals surface area (Å²) in [5, 5.41) is 3.20. The highest BCUT2D eigenvalue weighted by Crippen LogP contribution is 2.20. The number of carbonyl (C=O) groups is 1. The SMILES string of the molecule is C[C@@H](c1ccccn1)N1CCN(C(=O)N[C@@H]2CCCSC2)CC1. The number of urea groups is 1. The van der Waals surface area contributed by atoms with Gasteiger partial charge in [0.2, 0.25) is 0 Å². The van der Waals surface area contributed by atoms with E-state index in [1.165, 1.54) is 12.2 Å². The van der Waals surface area contributed by atoms with Gasteiger partial charge in [0.05, 0.1) is 5.69 Å². The van der Waals surface area contributed by atoms with Crippen LogP contribution in [0.25, 0.3) is 0 Å². The molecule has 2 fully saturated rings. The standard InChI is InChI=1S/C17H26N4OS/c1-14(16-6-2-3-7-18-16)20-8-10-21(11-9-20)17(22)19-15-5-4-12-23-13-15/h2-3,6-7,14-15H,4-5,8-13H2,1H3,(H,19,22)/t14-,15+/m0/s1. The van der Waals surface area contributed by atoms with Crippen LogP contribution < -0.4 is 5.32 Å². The zero-order chi connectivity index (χ0) is 16.1. The number of nitrogens with zero attached hydrogens (tertiary/aromatic N) is 3. The molecule has 1 aromatic rings. The van der Waals surface area contributed by atoms with E-state index in [0.717, 1.165) is 44.0 Å². The maximum absolute atomic E-state index is 12.4. The smallest absolute Gasteiger partial charge is 0.317 e. The summed E-state index contributed by atoms with van der Waals surface area (Å²) >= 11 is 1.95. The lowest BCUT2D eigenvalue weighted by molar-refractivity contribution is 0.111. The Balaban J connectivity index is 1.47. The molecule has 2 atom stereocenters. The number of pyridine rings is 1. The summed E-state index contributed by atoms with van der Waals surface area (Å²) in [7, 11) is 0. The first-order valence-electron chi connectivity index (χ1n) is 8.52. The van der Waals surface area contributed by atoms with Gasteiger partial charge in [-0.05, 0) is 37.7 Å². The van der Waals surface area contributed by atoms with E-state index in [9.17, 15) is 4.79 Å². The van der Waals surface area contributed by atoms with Crippen molar-refractivity contribution in [1.82, 2.24) is 20.1 Å². The molecule has 6 heteroatoms. The lowest BCUT2D eigenvalue weighted by atomic mass is 10.1. The average Bonchev–Trinajstić information content (AvgIpc) is 2.63. The predicted molar refractivity (Wildman–Crippen MR) is 94.7 cm³/mol. The Kier molecular flexibility index (Phi) is 5.78. The van der Waals surface area contributed by atoms with Crippen molar-refractivity contribution in [2.45, 2.75) is 31.8 Å². The molecule has 0 aromatic carbocycles. The minimum Gasteiger partial charge on any atom is -0.334 e. The highest BCUT2D eigenvalue weighted by atomic mass is 32.2. The Bertz CT molecular complexity index is 499. The van der Waals surface area contributed by atoms with Gasteiger partial charge in [-0.3, -0.25) is 9.88 Å². The van der Waals surface area contributed by atoms with Gasteiger partial charge in [-0.25, -0.2) is 4.79 Å². The molecule has 0 spiro atoms. The number of thioether (sulfide) groups is 1. The largest absolute Gasteiger partial charge is 0.334 e. The minimum atomic E-state index is 0.114. The molecule has 126 valence electrons. The topological polar surface area (TPSA) is 48.5 Å². The quantitative estimate of drug-likeness (QED) is 0.922. The van der Waals surface area contributed by atoms with Gasteiger partial charge in [0, 0.05) is 50.2 Å². The molecule has 3 rings (SSSR count). The highest BCUT2D eigenvalue weighted by Gasteiger charge is 2.26. The number of amides is 2. The maximum Gasteiger partial charge on any atom is 0.317 e. The summed E-state index contributed by atoms with van der Waals surface area (Å²) in [4.78, 5) is 21.2. The van der Waals surface area contributed by atoms with Crippen molar-refractivity contribution in [2.24, 2.45) is 0 Å². The summed E-state index contributed by atoms with van der Waals surface area (Å²) in [5.41, 5.74) is 1.10. The fourth-order valence-corrected chi connectivity index (χ4v) is 4.31. The number of hydrogen-bond donors (Lipinski definition) is 1. The molecule has 0 radical (unpaired) electrons. The number of nitrogens with one attached hydrogen (secondary N) is 1. The van der Waals surface area contributed by atoms with Crippen LogP contribution in [0.1, 0.15) is 31.5 Å². The molecular weight excluding hydrogens is 308 g/mol. The first-order valence-corrected chi connectivity index (χ1v) is 9.67. The van der Waals surface area contributed by atoms with E-state index in [1.54, 1.807) is 0 Å². The highest BCUT2D eigenvalue weighted by molar-refractivity contribution is 7.99. The van der Waals surface area contributed by atoms with Crippen molar-refractivity contribution < 1.29 is 4.79 Å². The molecule has 0 aliphatic carbocycles. The van der Waals surface area contributed by atoms with Crippen LogP contribution in [0.4, 0.5) is 4.79 Å². The number of hydrogen-bond acceptors (Lipinski definition) is 4. The van der Waals surface area contributed by atoms with Gasteiger partial charge in [-0.15, -0.1) is 0 Å². The molecule has 1 N–H and O–H groups in total. The van der Waals surface area contributed by atoms with Crippen molar-refractivity contribution in [1.29, 1.82) is 0 Å². The van der Waals surface area contributed by atoms with E-state index in [1.807, 2.05) is 35.0 Å². The van der Waals surface area contributed by atoms with E-state index >= 15 is 0 Å². The number of aromatic nitrogens is 1. The van der Waals surface area contributed by atoms with Crippen LogP contribution >= 0.6 is 11.8 Å². The lowest BCUT2D eigenvalue weighted by Crippen LogP contribution is -2.54. The Hall–Kier alpha value is -1.27. The van der Waals surface area contributed by atoms with Crippen LogP contribution in [0.15, 0.2) is 24.4 Å². The minimum absolute atomic E-state index is 0.114. The fraction of sp³-hybridized carbons (Fsp3) is 0.647. The summed E-state index contributed by atoms with van der Waals surface area (Å²) in [6.45, 7) is 5.60. The molecule has 5 nitrogen and oxygen atoms in total. The van der Waals surface area contributed by atoms with Gasteiger partial charge < -0.3 is 10.2 Å². The second-order valence-electron chi connectivity index (χ2n) is 6.32. The van der Waals surface area contributed by atoms with Crippen LogP contribution in [-0.4, -0.2) is 64.5 Å². The molecule has 1 aromatic heterocycles. The Morgan fingerprint density at radius 3 is 2.83 bits per heavy atom. The number of piperazine rings is 1. The number of rotatable bonds is 3. The van der Waals surface area contributed by atoms with E-state index in [4.69, 9.17) is 0 Å². The first-order chi connectivity index (χ1) is 11.2. The van der Waals surface area contributed by atoms with Gasteiger partial charge in [0.25, 0.3) is 0 Å². The van der Waals surface area contributed by atoms with Gasteiger partial charge in [0.1, 0.15) is 0 Å². The molecule has 23 heavy (non-hydrogen) atoms. The molecule has 2 aliphatic rings. The van der Waals surface area contributed by atoms with Crippen molar-refractivity contribution >= 4 is 17.8 Å². The molecule has 0 bridgehead atoms. The normalized spacial score (nSPS) is 24.2.